The molecule has 0 radical (unpaired) electrons. The summed E-state index contributed by atoms with van der Waals surface area (Å²) in [5.41, 5.74) is 0. The lowest BCUT2D eigenvalue weighted by molar-refractivity contribution is -0.142. The second kappa shape index (κ2) is 7.63. The Balaban J connectivity index is 2.47. The fourth-order valence-electron chi connectivity index (χ4n) is 1.53. The van der Waals surface area contributed by atoms with Crippen molar-refractivity contribution in [3.05, 3.63) is 24.3 Å². The molecule has 1 N–H and O–H groups in total. The number of nitrogens with zero attached hydrogens (tertiary/aromatic N) is 1. The summed E-state index contributed by atoms with van der Waals surface area (Å²) in [7, 11) is 1.76. The van der Waals surface area contributed by atoms with Crippen molar-refractivity contribution in [1.29, 1.82) is 0 Å². The molecular formula is C14H21NO4. The van der Waals surface area contributed by atoms with Gasteiger partial charge >= 0.3 is 5.97 Å². The Labute approximate surface area is 113 Å². The average molecular weight is 267 g/mol. The molecule has 0 saturated heterocycles. The van der Waals surface area contributed by atoms with Crippen LogP contribution in [0.15, 0.2) is 24.3 Å². The minimum atomic E-state index is -0.836. The zero-order valence-corrected chi connectivity index (χ0v) is 11.6. The lowest BCUT2D eigenvalue weighted by Gasteiger charge is -2.21. The van der Waals surface area contributed by atoms with Crippen LogP contribution < -0.4 is 9.47 Å². The number of benzene rings is 1. The summed E-state index contributed by atoms with van der Waals surface area (Å²) in [5.74, 6) is 0.553. The van der Waals surface area contributed by atoms with E-state index in [0.717, 1.165) is 0 Å². The van der Waals surface area contributed by atoms with Gasteiger partial charge in [-0.25, -0.2) is 0 Å². The van der Waals surface area contributed by atoms with Crippen LogP contribution in [0.3, 0.4) is 0 Å². The standard InChI is InChI=1S/C14H21NO4/c1-4-18-12-7-5-6-8-13(12)19-10-9-15(3)11(2)14(16)17/h5-8,11H,4,9-10H2,1-3H3,(H,16,17). The highest BCUT2D eigenvalue weighted by atomic mass is 16.5. The molecule has 19 heavy (non-hydrogen) atoms. The largest absolute Gasteiger partial charge is 0.490 e. The highest BCUT2D eigenvalue weighted by molar-refractivity contribution is 5.72. The first-order chi connectivity index (χ1) is 9.06. The normalized spacial score (nSPS) is 12.2. The minimum absolute atomic E-state index is 0.415. The second-order valence-corrected chi connectivity index (χ2v) is 4.22. The Bertz CT molecular complexity index is 408. The first kappa shape index (κ1) is 15.3. The number of para-hydroxylation sites is 2. The van der Waals surface area contributed by atoms with Gasteiger partial charge < -0.3 is 14.6 Å². The number of aliphatic carboxylic acids is 1. The quantitative estimate of drug-likeness (QED) is 0.779. The van der Waals surface area contributed by atoms with E-state index in [1.54, 1.807) is 18.9 Å². The van der Waals surface area contributed by atoms with Crippen molar-refractivity contribution in [2.45, 2.75) is 19.9 Å². The van der Waals surface area contributed by atoms with Crippen LogP contribution in [0.25, 0.3) is 0 Å². The summed E-state index contributed by atoms with van der Waals surface area (Å²) in [5, 5.41) is 8.88. The van der Waals surface area contributed by atoms with Gasteiger partial charge in [0.2, 0.25) is 0 Å². The maximum Gasteiger partial charge on any atom is 0.320 e. The first-order valence-electron chi connectivity index (χ1n) is 6.34. The SMILES string of the molecule is CCOc1ccccc1OCCN(C)C(C)C(=O)O. The van der Waals surface area contributed by atoms with Crippen molar-refractivity contribution < 1.29 is 19.4 Å². The summed E-state index contributed by atoms with van der Waals surface area (Å²) < 4.78 is 11.1. The van der Waals surface area contributed by atoms with Gasteiger partial charge in [0, 0.05) is 6.54 Å². The molecule has 106 valence electrons. The predicted molar refractivity (Wildman–Crippen MR) is 72.8 cm³/mol. The van der Waals surface area contributed by atoms with Crippen molar-refractivity contribution >= 4 is 5.97 Å². The molecule has 0 aromatic heterocycles. The van der Waals surface area contributed by atoms with E-state index in [9.17, 15) is 4.79 Å². The molecule has 1 aromatic carbocycles. The Morgan fingerprint density at radius 1 is 1.32 bits per heavy atom. The third kappa shape index (κ3) is 4.79. The van der Waals surface area contributed by atoms with Crippen LogP contribution in [0.2, 0.25) is 0 Å². The number of carbonyl (C=O) groups is 1. The average Bonchev–Trinajstić information content (AvgIpc) is 2.39. The van der Waals surface area contributed by atoms with Gasteiger partial charge in [-0.1, -0.05) is 12.1 Å². The lowest BCUT2D eigenvalue weighted by Crippen LogP contribution is -2.38. The number of rotatable bonds is 8. The molecule has 0 amide bonds. The summed E-state index contributed by atoms with van der Waals surface area (Å²) in [6.45, 7) is 5.10. The van der Waals surface area contributed by atoms with Crippen molar-refractivity contribution in [2.24, 2.45) is 0 Å². The molecule has 1 unspecified atom stereocenters. The van der Waals surface area contributed by atoms with Gasteiger partial charge in [-0.05, 0) is 33.0 Å². The van der Waals surface area contributed by atoms with Gasteiger partial charge in [-0.15, -0.1) is 0 Å². The monoisotopic (exact) mass is 267 g/mol. The molecule has 0 aliphatic heterocycles. The molecule has 1 rings (SSSR count). The molecule has 0 spiro atoms. The highest BCUT2D eigenvalue weighted by Gasteiger charge is 2.16. The van der Waals surface area contributed by atoms with Crippen LogP contribution in [0.1, 0.15) is 13.8 Å². The Morgan fingerprint density at radius 3 is 2.42 bits per heavy atom. The molecule has 0 heterocycles. The molecule has 5 heteroatoms. The van der Waals surface area contributed by atoms with Crippen molar-refractivity contribution in [1.82, 2.24) is 4.90 Å². The van der Waals surface area contributed by atoms with Gasteiger partial charge in [0.05, 0.1) is 6.61 Å². The third-order valence-electron chi connectivity index (χ3n) is 2.87. The number of carboxylic acid groups (broad SMARTS) is 1. The van der Waals surface area contributed by atoms with Gasteiger partial charge in [-0.2, -0.15) is 0 Å². The Hall–Kier alpha value is -1.75. The van der Waals surface area contributed by atoms with E-state index in [-0.39, 0.29) is 0 Å². The van der Waals surface area contributed by atoms with Gasteiger partial charge in [0.1, 0.15) is 12.6 Å². The van der Waals surface area contributed by atoms with E-state index in [4.69, 9.17) is 14.6 Å². The van der Waals surface area contributed by atoms with E-state index in [1.807, 2.05) is 31.2 Å². The molecule has 0 aliphatic rings. The second-order valence-electron chi connectivity index (χ2n) is 4.22. The molecule has 0 bridgehead atoms. The van der Waals surface area contributed by atoms with Gasteiger partial charge in [0.25, 0.3) is 0 Å². The van der Waals surface area contributed by atoms with Crippen LogP contribution in [0.4, 0.5) is 0 Å². The molecular weight excluding hydrogens is 246 g/mol. The van der Waals surface area contributed by atoms with Crippen LogP contribution in [-0.4, -0.2) is 48.8 Å². The first-order valence-corrected chi connectivity index (χ1v) is 6.34. The molecule has 0 fully saturated rings. The molecule has 5 nitrogen and oxygen atoms in total. The van der Waals surface area contributed by atoms with E-state index < -0.39 is 12.0 Å². The lowest BCUT2D eigenvalue weighted by atomic mass is 10.3. The zero-order valence-electron chi connectivity index (χ0n) is 11.6. The van der Waals surface area contributed by atoms with Crippen molar-refractivity contribution in [3.63, 3.8) is 0 Å². The third-order valence-corrected chi connectivity index (χ3v) is 2.87. The Kier molecular flexibility index (Phi) is 6.15. The van der Waals surface area contributed by atoms with E-state index in [2.05, 4.69) is 0 Å². The smallest absolute Gasteiger partial charge is 0.320 e. The van der Waals surface area contributed by atoms with Crippen LogP contribution in [0, 0.1) is 0 Å². The fraction of sp³-hybridized carbons (Fsp3) is 0.500. The summed E-state index contributed by atoms with van der Waals surface area (Å²) >= 11 is 0. The molecule has 0 saturated carbocycles. The number of ether oxygens (including phenoxy) is 2. The molecule has 0 aliphatic carbocycles. The van der Waals surface area contributed by atoms with Gasteiger partial charge in [-0.3, -0.25) is 9.69 Å². The van der Waals surface area contributed by atoms with Crippen molar-refractivity contribution in [3.8, 4) is 11.5 Å². The van der Waals surface area contributed by atoms with E-state index >= 15 is 0 Å². The molecule has 1 aromatic rings. The highest BCUT2D eigenvalue weighted by Crippen LogP contribution is 2.26. The Morgan fingerprint density at radius 2 is 1.89 bits per heavy atom. The topological polar surface area (TPSA) is 59.0 Å². The van der Waals surface area contributed by atoms with Gasteiger partial charge in [0.15, 0.2) is 11.5 Å². The fourth-order valence-corrected chi connectivity index (χ4v) is 1.53. The van der Waals surface area contributed by atoms with E-state index in [0.29, 0.717) is 31.3 Å². The zero-order chi connectivity index (χ0) is 14.3. The molecule has 1 atom stereocenters. The van der Waals surface area contributed by atoms with E-state index in [1.165, 1.54) is 0 Å². The van der Waals surface area contributed by atoms with Crippen LogP contribution in [0.5, 0.6) is 11.5 Å². The number of hydrogen-bond acceptors (Lipinski definition) is 4. The summed E-state index contributed by atoms with van der Waals surface area (Å²) in [4.78, 5) is 12.5. The number of carboxylic acids is 1. The van der Waals surface area contributed by atoms with Crippen LogP contribution >= 0.6 is 0 Å². The van der Waals surface area contributed by atoms with Crippen molar-refractivity contribution in [2.75, 3.05) is 26.8 Å². The summed E-state index contributed by atoms with van der Waals surface area (Å²) in [6, 6.07) is 6.93. The minimum Gasteiger partial charge on any atom is -0.490 e. The maximum absolute atomic E-state index is 10.8. The number of hydrogen-bond donors (Lipinski definition) is 1. The van der Waals surface area contributed by atoms with Crippen LogP contribution in [-0.2, 0) is 4.79 Å². The predicted octanol–water partition coefficient (Wildman–Crippen LogP) is 1.87. The maximum atomic E-state index is 10.8. The number of likely N-dealkylation sites (N-methyl/N-ethyl adjacent to an activating group) is 1. The summed E-state index contributed by atoms with van der Waals surface area (Å²) in [6.07, 6.45) is 0.